The first kappa shape index (κ1) is 23.6. The van der Waals surface area contributed by atoms with E-state index in [2.05, 4.69) is 37.8 Å². The number of fused-ring (bicyclic) bond motifs is 1. The van der Waals surface area contributed by atoms with Gasteiger partial charge in [-0.25, -0.2) is 9.67 Å². The molecule has 0 aliphatic heterocycles. The van der Waals surface area contributed by atoms with Gasteiger partial charge in [0.2, 0.25) is 0 Å². The molecule has 0 unspecified atom stereocenters. The van der Waals surface area contributed by atoms with Gasteiger partial charge in [-0.2, -0.15) is 5.10 Å². The fraction of sp³-hybridized carbons (Fsp3) is 0.588. The number of nitrogens with two attached hydrogens (primary N) is 1. The summed E-state index contributed by atoms with van der Waals surface area (Å²) in [7, 11) is 1.81. The second kappa shape index (κ2) is 8.83. The minimum atomic E-state index is -0.113. The Morgan fingerprint density at radius 1 is 1.36 bits per heavy atom. The number of hydrogen-bond acceptors (Lipinski definition) is 4. The third-order valence-corrected chi connectivity index (χ3v) is 4.04. The highest BCUT2D eigenvalue weighted by Crippen LogP contribution is 2.21. The molecule has 8 heteroatoms. The first-order valence-corrected chi connectivity index (χ1v) is 7.96. The zero-order valence-electron chi connectivity index (χ0n) is 15.7. The van der Waals surface area contributed by atoms with Crippen molar-refractivity contribution in [2.75, 3.05) is 20.1 Å². The van der Waals surface area contributed by atoms with Crippen LogP contribution >= 0.6 is 24.8 Å². The van der Waals surface area contributed by atoms with Crippen LogP contribution in [0.25, 0.3) is 11.0 Å². The lowest BCUT2D eigenvalue weighted by Gasteiger charge is -2.29. The maximum absolute atomic E-state index is 12.8. The van der Waals surface area contributed by atoms with E-state index < -0.39 is 0 Å². The molecular formula is C17H29Cl2N5O. The Balaban J connectivity index is 0.00000288. The Bertz CT molecular complexity index is 727. The van der Waals surface area contributed by atoms with Gasteiger partial charge >= 0.3 is 0 Å². The van der Waals surface area contributed by atoms with E-state index in [9.17, 15) is 4.79 Å². The van der Waals surface area contributed by atoms with Gasteiger partial charge in [0.25, 0.3) is 5.91 Å². The fourth-order valence-electron chi connectivity index (χ4n) is 2.64. The average molecular weight is 390 g/mol. The summed E-state index contributed by atoms with van der Waals surface area (Å²) in [5.41, 5.74) is 7.82. The molecule has 0 saturated heterocycles. The van der Waals surface area contributed by atoms with Crippen molar-refractivity contribution in [1.82, 2.24) is 19.7 Å². The molecular weight excluding hydrogens is 361 g/mol. The second-order valence-corrected chi connectivity index (χ2v) is 7.25. The largest absolute Gasteiger partial charge is 0.341 e. The molecule has 2 heterocycles. The molecule has 0 atom stereocenters. The van der Waals surface area contributed by atoms with Crippen LogP contribution in [0.3, 0.4) is 0 Å². The number of carbonyl (C=O) groups is 1. The summed E-state index contributed by atoms with van der Waals surface area (Å²) < 4.78 is 1.87. The minimum absolute atomic E-state index is 0. The smallest absolute Gasteiger partial charge is 0.255 e. The Morgan fingerprint density at radius 3 is 2.48 bits per heavy atom. The molecule has 6 nitrogen and oxygen atoms in total. The van der Waals surface area contributed by atoms with Gasteiger partial charge in [0.15, 0.2) is 5.65 Å². The fourth-order valence-corrected chi connectivity index (χ4v) is 2.64. The number of hydrogen-bond donors (Lipinski definition) is 1. The van der Waals surface area contributed by atoms with Crippen LogP contribution in [-0.2, 0) is 0 Å². The molecule has 2 aromatic rings. The molecule has 142 valence electrons. The number of amides is 1. The lowest BCUT2D eigenvalue weighted by molar-refractivity contribution is 0.0739. The van der Waals surface area contributed by atoms with Gasteiger partial charge in [0.05, 0.1) is 17.5 Å². The van der Waals surface area contributed by atoms with Gasteiger partial charge < -0.3 is 10.6 Å². The van der Waals surface area contributed by atoms with Crippen LogP contribution in [0, 0.1) is 12.3 Å². The molecule has 0 radical (unpaired) electrons. The first-order chi connectivity index (χ1) is 10.7. The summed E-state index contributed by atoms with van der Waals surface area (Å²) in [5.74, 6) is -0.0317. The van der Waals surface area contributed by atoms with Crippen LogP contribution in [0.5, 0.6) is 0 Å². The van der Waals surface area contributed by atoms with Gasteiger partial charge in [0, 0.05) is 25.0 Å². The monoisotopic (exact) mass is 389 g/mol. The zero-order chi connectivity index (χ0) is 17.4. The van der Waals surface area contributed by atoms with E-state index in [0.717, 1.165) is 16.7 Å². The van der Waals surface area contributed by atoms with E-state index in [-0.39, 0.29) is 42.2 Å². The van der Waals surface area contributed by atoms with Crippen LogP contribution in [0.1, 0.15) is 49.8 Å². The summed E-state index contributed by atoms with van der Waals surface area (Å²) in [6.45, 7) is 11.2. The lowest BCUT2D eigenvalue weighted by atomic mass is 9.93. The van der Waals surface area contributed by atoms with E-state index in [1.165, 1.54) is 0 Å². The van der Waals surface area contributed by atoms with Gasteiger partial charge in [-0.3, -0.25) is 4.79 Å². The number of aromatic nitrogens is 3. The quantitative estimate of drug-likeness (QED) is 0.851. The van der Waals surface area contributed by atoms with Crippen molar-refractivity contribution in [3.05, 3.63) is 23.5 Å². The number of rotatable bonds is 5. The van der Waals surface area contributed by atoms with E-state index >= 15 is 0 Å². The molecule has 2 rings (SSSR count). The topological polar surface area (TPSA) is 77.0 Å². The van der Waals surface area contributed by atoms with Crippen molar-refractivity contribution in [3.8, 4) is 0 Å². The Kier molecular flexibility index (Phi) is 8.34. The molecule has 0 spiro atoms. The number of carbonyl (C=O) groups excluding carboxylic acids is 1. The molecule has 0 aliphatic rings. The molecule has 0 saturated carbocycles. The molecule has 0 aliphatic carbocycles. The van der Waals surface area contributed by atoms with Crippen LogP contribution in [0.2, 0.25) is 0 Å². The summed E-state index contributed by atoms with van der Waals surface area (Å²) in [5, 5.41) is 5.25. The Hall–Kier alpha value is -1.37. The van der Waals surface area contributed by atoms with Crippen molar-refractivity contribution < 1.29 is 4.79 Å². The van der Waals surface area contributed by atoms with Gasteiger partial charge in [-0.15, -0.1) is 24.8 Å². The van der Waals surface area contributed by atoms with Crippen LogP contribution in [0.4, 0.5) is 0 Å². The average Bonchev–Trinajstić information content (AvgIpc) is 2.88. The summed E-state index contributed by atoms with van der Waals surface area (Å²) in [4.78, 5) is 19.1. The molecule has 0 bridgehead atoms. The third kappa shape index (κ3) is 5.06. The summed E-state index contributed by atoms with van der Waals surface area (Å²) >= 11 is 0. The molecule has 2 aromatic heterocycles. The normalized spacial score (nSPS) is 11.2. The third-order valence-electron chi connectivity index (χ3n) is 4.04. The van der Waals surface area contributed by atoms with Crippen molar-refractivity contribution in [2.24, 2.45) is 11.1 Å². The SMILES string of the molecule is Cc1nc2c(cnn2C(C)C)cc1C(=O)N(C)CC(C)(C)CN.Cl.Cl. The predicted molar refractivity (Wildman–Crippen MR) is 107 cm³/mol. The van der Waals surface area contributed by atoms with Gasteiger partial charge in [-0.05, 0) is 38.8 Å². The number of aryl methyl sites for hydroxylation is 1. The number of nitrogens with zero attached hydrogens (tertiary/aromatic N) is 4. The van der Waals surface area contributed by atoms with E-state index in [1.807, 2.05) is 17.7 Å². The molecule has 2 N–H and O–H groups in total. The number of halogens is 2. The zero-order valence-corrected chi connectivity index (χ0v) is 17.4. The van der Waals surface area contributed by atoms with Crippen molar-refractivity contribution in [2.45, 2.75) is 40.7 Å². The Morgan fingerprint density at radius 2 is 1.96 bits per heavy atom. The van der Waals surface area contributed by atoms with Crippen molar-refractivity contribution >= 4 is 41.8 Å². The molecule has 1 amide bonds. The maximum Gasteiger partial charge on any atom is 0.255 e. The summed E-state index contributed by atoms with van der Waals surface area (Å²) in [6, 6.07) is 2.12. The van der Waals surface area contributed by atoms with E-state index in [1.54, 1.807) is 18.1 Å². The highest BCUT2D eigenvalue weighted by molar-refractivity contribution is 5.98. The number of pyridine rings is 1. The molecule has 25 heavy (non-hydrogen) atoms. The maximum atomic E-state index is 12.8. The van der Waals surface area contributed by atoms with Crippen molar-refractivity contribution in [1.29, 1.82) is 0 Å². The molecule has 0 aromatic carbocycles. The van der Waals surface area contributed by atoms with Crippen molar-refractivity contribution in [3.63, 3.8) is 0 Å². The standard InChI is InChI=1S/C17H27N5O.2ClH/c1-11(2)22-15-13(8-19-22)7-14(12(3)20-15)16(23)21(6)10-17(4,5)9-18;;/h7-8,11H,9-10,18H2,1-6H3;2*1H. The van der Waals surface area contributed by atoms with Crippen LogP contribution in [0.15, 0.2) is 12.3 Å². The van der Waals surface area contributed by atoms with Gasteiger partial charge in [-0.1, -0.05) is 13.8 Å². The van der Waals surface area contributed by atoms with E-state index in [0.29, 0.717) is 18.7 Å². The Labute approximate surface area is 162 Å². The second-order valence-electron chi connectivity index (χ2n) is 7.25. The van der Waals surface area contributed by atoms with Crippen LogP contribution in [-0.4, -0.2) is 45.7 Å². The minimum Gasteiger partial charge on any atom is -0.341 e. The van der Waals surface area contributed by atoms with E-state index in [4.69, 9.17) is 5.73 Å². The van der Waals surface area contributed by atoms with Gasteiger partial charge in [0.1, 0.15) is 0 Å². The lowest BCUT2D eigenvalue weighted by Crippen LogP contribution is -2.40. The highest BCUT2D eigenvalue weighted by Gasteiger charge is 2.24. The highest BCUT2D eigenvalue weighted by atomic mass is 35.5. The first-order valence-electron chi connectivity index (χ1n) is 7.96. The molecule has 0 fully saturated rings. The summed E-state index contributed by atoms with van der Waals surface area (Å²) in [6.07, 6.45) is 1.77. The van der Waals surface area contributed by atoms with Crippen LogP contribution < -0.4 is 5.73 Å². The predicted octanol–water partition coefficient (Wildman–Crippen LogP) is 3.22.